The molecule has 30 heavy (non-hydrogen) atoms. The summed E-state index contributed by atoms with van der Waals surface area (Å²) in [7, 11) is 0. The van der Waals surface area contributed by atoms with E-state index in [1.165, 1.54) is 4.57 Å². The lowest BCUT2D eigenvalue weighted by Gasteiger charge is -2.13. The van der Waals surface area contributed by atoms with Gasteiger partial charge in [0, 0.05) is 6.07 Å². The number of hydrogen-bond donors (Lipinski definition) is 1. The summed E-state index contributed by atoms with van der Waals surface area (Å²) in [5.74, 6) is -1.25. The third kappa shape index (κ3) is 3.42. The molecular weight excluding hydrogens is 386 g/mol. The van der Waals surface area contributed by atoms with E-state index in [9.17, 15) is 24.8 Å². The highest BCUT2D eigenvalue weighted by atomic mass is 16.6. The van der Waals surface area contributed by atoms with E-state index in [0.29, 0.717) is 11.0 Å². The van der Waals surface area contributed by atoms with E-state index in [1.54, 1.807) is 24.3 Å². The minimum atomic E-state index is -1.25. The zero-order chi connectivity index (χ0) is 21.3. The van der Waals surface area contributed by atoms with Gasteiger partial charge in [0.1, 0.15) is 5.69 Å². The molecule has 4 rings (SSSR count). The monoisotopic (exact) mass is 401 g/mol. The summed E-state index contributed by atoms with van der Waals surface area (Å²) in [5, 5.41) is 20.9. The Balaban J connectivity index is 2.03. The quantitative estimate of drug-likeness (QED) is 0.403. The number of rotatable bonds is 5. The second kappa shape index (κ2) is 7.59. The number of aromatic carboxylic acids is 1. The second-order valence-electron chi connectivity index (χ2n) is 6.62. The van der Waals surface area contributed by atoms with Crippen molar-refractivity contribution < 1.29 is 14.8 Å². The number of nitrogens with zero attached hydrogens (tertiary/aromatic N) is 3. The lowest BCUT2D eigenvalue weighted by Crippen LogP contribution is -2.24. The summed E-state index contributed by atoms with van der Waals surface area (Å²) in [6.07, 6.45) is 0. The standard InChI is InChI=1S/C22H15N3O5/c26-21-20(16-12-15(22(27)28)10-11-18(16)25(29)30)23-17-8-4-5-9-19(17)24(21)13-14-6-2-1-3-7-14/h1-12H,13H2,(H,27,28). The molecule has 0 amide bonds. The molecule has 3 aromatic carbocycles. The van der Waals surface area contributed by atoms with E-state index in [4.69, 9.17) is 0 Å². The summed E-state index contributed by atoms with van der Waals surface area (Å²) in [5.41, 5.74) is 0.534. The molecule has 0 aliphatic heterocycles. The Bertz CT molecular complexity index is 1350. The number of fused-ring (bicyclic) bond motifs is 1. The molecule has 0 bridgehead atoms. The Morgan fingerprint density at radius 3 is 2.43 bits per heavy atom. The van der Waals surface area contributed by atoms with Crippen molar-refractivity contribution in [3.63, 3.8) is 0 Å². The summed E-state index contributed by atoms with van der Waals surface area (Å²) in [6, 6.07) is 19.6. The fraction of sp³-hybridized carbons (Fsp3) is 0.0455. The van der Waals surface area contributed by atoms with Crippen molar-refractivity contribution in [2.24, 2.45) is 0 Å². The Hall–Kier alpha value is -4.33. The van der Waals surface area contributed by atoms with Gasteiger partial charge in [0.15, 0.2) is 0 Å². The van der Waals surface area contributed by atoms with E-state index in [0.717, 1.165) is 23.8 Å². The lowest BCUT2D eigenvalue weighted by molar-refractivity contribution is -0.384. The molecule has 0 saturated carbocycles. The van der Waals surface area contributed by atoms with Crippen LogP contribution in [-0.4, -0.2) is 25.6 Å². The fourth-order valence-corrected chi connectivity index (χ4v) is 3.31. The van der Waals surface area contributed by atoms with Gasteiger partial charge in [0.25, 0.3) is 11.2 Å². The smallest absolute Gasteiger partial charge is 0.335 e. The van der Waals surface area contributed by atoms with E-state index in [1.807, 2.05) is 30.3 Å². The van der Waals surface area contributed by atoms with Gasteiger partial charge in [0.2, 0.25) is 0 Å². The van der Waals surface area contributed by atoms with Gasteiger partial charge in [-0.25, -0.2) is 9.78 Å². The van der Waals surface area contributed by atoms with Crippen LogP contribution in [0.4, 0.5) is 5.69 Å². The average molecular weight is 401 g/mol. The number of carboxylic acid groups (broad SMARTS) is 1. The minimum Gasteiger partial charge on any atom is -0.478 e. The topological polar surface area (TPSA) is 115 Å². The molecule has 0 saturated heterocycles. The van der Waals surface area contributed by atoms with E-state index >= 15 is 0 Å². The maximum absolute atomic E-state index is 13.4. The fourth-order valence-electron chi connectivity index (χ4n) is 3.31. The maximum Gasteiger partial charge on any atom is 0.335 e. The van der Waals surface area contributed by atoms with Crippen LogP contribution in [-0.2, 0) is 6.54 Å². The number of benzene rings is 3. The zero-order valence-electron chi connectivity index (χ0n) is 15.6. The molecule has 0 aliphatic rings. The summed E-state index contributed by atoms with van der Waals surface area (Å²) >= 11 is 0. The van der Waals surface area contributed by atoms with Crippen LogP contribution < -0.4 is 5.56 Å². The van der Waals surface area contributed by atoms with Crippen molar-refractivity contribution in [1.82, 2.24) is 9.55 Å². The van der Waals surface area contributed by atoms with Gasteiger partial charge in [-0.05, 0) is 29.8 Å². The first-order valence-electron chi connectivity index (χ1n) is 9.01. The third-order valence-corrected chi connectivity index (χ3v) is 4.73. The highest BCUT2D eigenvalue weighted by molar-refractivity contribution is 5.91. The van der Waals surface area contributed by atoms with Crippen molar-refractivity contribution in [3.05, 3.63) is 104 Å². The summed E-state index contributed by atoms with van der Waals surface area (Å²) in [6.45, 7) is 0.238. The average Bonchev–Trinajstić information content (AvgIpc) is 2.75. The van der Waals surface area contributed by atoms with E-state index < -0.39 is 16.5 Å². The van der Waals surface area contributed by atoms with Crippen LogP contribution in [0.15, 0.2) is 77.6 Å². The molecule has 0 fully saturated rings. The number of aromatic nitrogens is 2. The molecule has 8 heteroatoms. The number of carboxylic acids is 1. The van der Waals surface area contributed by atoms with Crippen molar-refractivity contribution in [2.75, 3.05) is 0 Å². The second-order valence-corrected chi connectivity index (χ2v) is 6.62. The Labute approximate surface area is 169 Å². The number of carbonyl (C=O) groups is 1. The first kappa shape index (κ1) is 19.0. The molecular formula is C22H15N3O5. The summed E-state index contributed by atoms with van der Waals surface area (Å²) < 4.78 is 1.49. The van der Waals surface area contributed by atoms with Gasteiger partial charge >= 0.3 is 5.97 Å². The molecule has 8 nitrogen and oxygen atoms in total. The van der Waals surface area contributed by atoms with E-state index in [-0.39, 0.29) is 29.1 Å². The molecule has 1 N–H and O–H groups in total. The molecule has 0 atom stereocenters. The van der Waals surface area contributed by atoms with Crippen LogP contribution in [0.2, 0.25) is 0 Å². The first-order chi connectivity index (χ1) is 14.5. The predicted octanol–water partition coefficient (Wildman–Crippen LogP) is 3.72. The van der Waals surface area contributed by atoms with Crippen LogP contribution in [0.25, 0.3) is 22.3 Å². The number of nitro groups is 1. The molecule has 1 heterocycles. The minimum absolute atomic E-state index is 0.127. The van der Waals surface area contributed by atoms with Gasteiger partial charge in [0.05, 0.1) is 33.6 Å². The summed E-state index contributed by atoms with van der Waals surface area (Å²) in [4.78, 5) is 40.0. The van der Waals surface area contributed by atoms with Gasteiger partial charge in [-0.1, -0.05) is 42.5 Å². The normalized spacial score (nSPS) is 10.8. The Morgan fingerprint density at radius 1 is 1.03 bits per heavy atom. The van der Waals surface area contributed by atoms with Crippen LogP contribution in [0.1, 0.15) is 15.9 Å². The van der Waals surface area contributed by atoms with Gasteiger partial charge in [-0.15, -0.1) is 0 Å². The van der Waals surface area contributed by atoms with Crippen molar-refractivity contribution in [1.29, 1.82) is 0 Å². The SMILES string of the molecule is O=C(O)c1ccc([N+](=O)[O-])c(-c2nc3ccccc3n(Cc3ccccc3)c2=O)c1. The third-order valence-electron chi connectivity index (χ3n) is 4.73. The molecule has 4 aromatic rings. The van der Waals surface area contributed by atoms with Gasteiger partial charge in [-0.3, -0.25) is 14.9 Å². The van der Waals surface area contributed by atoms with E-state index in [2.05, 4.69) is 4.98 Å². The lowest BCUT2D eigenvalue weighted by atomic mass is 10.1. The zero-order valence-corrected chi connectivity index (χ0v) is 15.6. The number of para-hydroxylation sites is 2. The van der Waals surface area contributed by atoms with Crippen LogP contribution in [0.5, 0.6) is 0 Å². The molecule has 0 aliphatic carbocycles. The van der Waals surface area contributed by atoms with Crippen molar-refractivity contribution in [2.45, 2.75) is 6.54 Å². The van der Waals surface area contributed by atoms with Crippen molar-refractivity contribution >= 4 is 22.7 Å². The molecule has 0 radical (unpaired) electrons. The first-order valence-corrected chi connectivity index (χ1v) is 9.01. The number of nitro benzene ring substituents is 1. The largest absolute Gasteiger partial charge is 0.478 e. The van der Waals surface area contributed by atoms with Crippen molar-refractivity contribution in [3.8, 4) is 11.3 Å². The Morgan fingerprint density at radius 2 is 1.73 bits per heavy atom. The Kier molecular flexibility index (Phi) is 4.81. The van der Waals surface area contributed by atoms with Crippen LogP contribution >= 0.6 is 0 Å². The highest BCUT2D eigenvalue weighted by Crippen LogP contribution is 2.29. The predicted molar refractivity (Wildman–Crippen MR) is 111 cm³/mol. The molecule has 0 unspecified atom stereocenters. The molecule has 1 aromatic heterocycles. The maximum atomic E-state index is 13.4. The van der Waals surface area contributed by atoms with Crippen LogP contribution in [0, 0.1) is 10.1 Å². The molecule has 148 valence electrons. The van der Waals surface area contributed by atoms with Crippen LogP contribution in [0.3, 0.4) is 0 Å². The molecule has 0 spiro atoms. The number of hydrogen-bond acceptors (Lipinski definition) is 5. The van der Waals surface area contributed by atoms with Gasteiger partial charge in [-0.2, -0.15) is 0 Å². The van der Waals surface area contributed by atoms with Gasteiger partial charge < -0.3 is 9.67 Å². The highest BCUT2D eigenvalue weighted by Gasteiger charge is 2.23.